The molecule has 7 nitrogen and oxygen atoms in total. The van der Waals surface area contributed by atoms with Crippen LogP contribution in [0.25, 0.3) is 11.3 Å². The minimum Gasteiger partial charge on any atom is -0.461 e. The molecule has 3 rings (SSSR count). The molecule has 136 valence electrons. The first-order chi connectivity index (χ1) is 12.5. The van der Waals surface area contributed by atoms with Crippen LogP contribution in [0.4, 0.5) is 10.5 Å². The van der Waals surface area contributed by atoms with E-state index in [-0.39, 0.29) is 6.03 Å². The van der Waals surface area contributed by atoms with Gasteiger partial charge in [-0.25, -0.2) is 9.78 Å². The van der Waals surface area contributed by atoms with Crippen LogP contribution in [-0.2, 0) is 6.54 Å². The standard InChI is InChI=1S/C19H23N5O2/c1-13-9-10-18(26-13)16-7-4-5-8-17(16)22-19(25)20-11-6-12-24-15(3)21-14(2)23-24/h4-5,7-10H,6,11-12H2,1-3H3,(H2,20,22,25). The number of amides is 2. The van der Waals surface area contributed by atoms with Crippen LogP contribution in [0.3, 0.4) is 0 Å². The zero-order valence-electron chi connectivity index (χ0n) is 15.2. The molecule has 0 bridgehead atoms. The Morgan fingerprint density at radius 2 is 1.96 bits per heavy atom. The van der Waals surface area contributed by atoms with Crippen molar-refractivity contribution in [1.29, 1.82) is 0 Å². The lowest BCUT2D eigenvalue weighted by Gasteiger charge is -2.11. The second kappa shape index (κ2) is 7.86. The van der Waals surface area contributed by atoms with Gasteiger partial charge in [0.15, 0.2) is 0 Å². The topological polar surface area (TPSA) is 85.0 Å². The van der Waals surface area contributed by atoms with E-state index in [0.29, 0.717) is 12.2 Å². The molecule has 2 aromatic heterocycles. The molecule has 1 aromatic carbocycles. The molecule has 0 atom stereocenters. The van der Waals surface area contributed by atoms with E-state index in [4.69, 9.17) is 4.42 Å². The minimum atomic E-state index is -0.243. The summed E-state index contributed by atoms with van der Waals surface area (Å²) in [5.74, 6) is 3.21. The molecule has 26 heavy (non-hydrogen) atoms. The monoisotopic (exact) mass is 353 g/mol. The summed E-state index contributed by atoms with van der Waals surface area (Å²) in [6.07, 6.45) is 0.774. The Bertz CT molecular complexity index is 897. The highest BCUT2D eigenvalue weighted by Gasteiger charge is 2.10. The third kappa shape index (κ3) is 4.30. The largest absolute Gasteiger partial charge is 0.461 e. The van der Waals surface area contributed by atoms with Crippen molar-refractivity contribution in [3.63, 3.8) is 0 Å². The van der Waals surface area contributed by atoms with Crippen LogP contribution < -0.4 is 10.6 Å². The number of aryl methyl sites for hydroxylation is 4. The number of hydrogen-bond acceptors (Lipinski definition) is 4. The van der Waals surface area contributed by atoms with Gasteiger partial charge in [-0.15, -0.1) is 0 Å². The maximum Gasteiger partial charge on any atom is 0.319 e. The lowest BCUT2D eigenvalue weighted by Crippen LogP contribution is -2.30. The summed E-state index contributed by atoms with van der Waals surface area (Å²) in [6, 6.07) is 11.1. The van der Waals surface area contributed by atoms with Crippen molar-refractivity contribution in [2.24, 2.45) is 0 Å². The maximum absolute atomic E-state index is 12.2. The molecule has 0 spiro atoms. The molecule has 0 aliphatic carbocycles. The average molecular weight is 353 g/mol. The van der Waals surface area contributed by atoms with Crippen molar-refractivity contribution in [3.8, 4) is 11.3 Å². The van der Waals surface area contributed by atoms with E-state index in [9.17, 15) is 4.79 Å². The molecule has 2 N–H and O–H groups in total. The number of urea groups is 1. The zero-order valence-corrected chi connectivity index (χ0v) is 15.2. The number of nitrogens with zero attached hydrogens (tertiary/aromatic N) is 3. The molecule has 0 unspecified atom stereocenters. The molecule has 0 fully saturated rings. The van der Waals surface area contributed by atoms with Gasteiger partial charge >= 0.3 is 6.03 Å². The molecule has 0 radical (unpaired) electrons. The Hall–Kier alpha value is -3.09. The second-order valence-electron chi connectivity index (χ2n) is 6.12. The van der Waals surface area contributed by atoms with Crippen LogP contribution in [-0.4, -0.2) is 27.3 Å². The van der Waals surface area contributed by atoms with Crippen LogP contribution in [0.2, 0.25) is 0 Å². The highest BCUT2D eigenvalue weighted by molar-refractivity contribution is 5.93. The van der Waals surface area contributed by atoms with Crippen LogP contribution >= 0.6 is 0 Å². The van der Waals surface area contributed by atoms with E-state index in [1.165, 1.54) is 0 Å². The predicted molar refractivity (Wildman–Crippen MR) is 100 cm³/mol. The first-order valence-electron chi connectivity index (χ1n) is 8.61. The molecular formula is C19H23N5O2. The normalized spacial score (nSPS) is 10.7. The van der Waals surface area contributed by atoms with E-state index in [1.807, 2.05) is 61.9 Å². The molecular weight excluding hydrogens is 330 g/mol. The lowest BCUT2D eigenvalue weighted by atomic mass is 10.1. The van der Waals surface area contributed by atoms with Crippen LogP contribution in [0.5, 0.6) is 0 Å². The molecule has 0 saturated carbocycles. The summed E-state index contributed by atoms with van der Waals surface area (Å²) < 4.78 is 7.52. The van der Waals surface area contributed by atoms with Crippen LogP contribution in [0, 0.1) is 20.8 Å². The van der Waals surface area contributed by atoms with Gasteiger partial charge in [0, 0.05) is 18.7 Å². The molecule has 0 aliphatic rings. The van der Waals surface area contributed by atoms with E-state index in [2.05, 4.69) is 20.7 Å². The molecule has 7 heteroatoms. The van der Waals surface area contributed by atoms with Gasteiger partial charge in [-0.3, -0.25) is 4.68 Å². The molecule has 0 saturated heterocycles. The van der Waals surface area contributed by atoms with Gasteiger partial charge < -0.3 is 15.1 Å². The first-order valence-corrected chi connectivity index (χ1v) is 8.61. The predicted octanol–water partition coefficient (Wildman–Crippen LogP) is 3.68. The number of nitrogens with one attached hydrogen (secondary N) is 2. The molecule has 0 aliphatic heterocycles. The fourth-order valence-electron chi connectivity index (χ4n) is 2.76. The summed E-state index contributed by atoms with van der Waals surface area (Å²) in [4.78, 5) is 16.5. The summed E-state index contributed by atoms with van der Waals surface area (Å²) in [5.41, 5.74) is 1.56. The van der Waals surface area contributed by atoms with Gasteiger partial charge in [-0.05, 0) is 51.5 Å². The number of aromatic nitrogens is 3. The Balaban J connectivity index is 1.53. The number of furan rings is 1. The van der Waals surface area contributed by atoms with Crippen LogP contribution in [0.1, 0.15) is 23.8 Å². The van der Waals surface area contributed by atoms with Crippen molar-refractivity contribution < 1.29 is 9.21 Å². The average Bonchev–Trinajstić information content (AvgIpc) is 3.17. The lowest BCUT2D eigenvalue weighted by molar-refractivity contribution is 0.251. The number of anilines is 1. The number of benzene rings is 1. The van der Waals surface area contributed by atoms with Crippen molar-refractivity contribution in [2.45, 2.75) is 33.7 Å². The second-order valence-corrected chi connectivity index (χ2v) is 6.12. The van der Waals surface area contributed by atoms with Crippen LogP contribution in [0.15, 0.2) is 40.8 Å². The highest BCUT2D eigenvalue weighted by atomic mass is 16.3. The fraction of sp³-hybridized carbons (Fsp3) is 0.316. The number of rotatable bonds is 6. The SMILES string of the molecule is Cc1nc(C)n(CCCNC(=O)Nc2ccccc2-c2ccc(C)o2)n1. The van der Waals surface area contributed by atoms with Crippen molar-refractivity contribution >= 4 is 11.7 Å². The summed E-state index contributed by atoms with van der Waals surface area (Å²) in [6.45, 7) is 6.95. The number of hydrogen-bond donors (Lipinski definition) is 2. The summed E-state index contributed by atoms with van der Waals surface area (Å²) in [7, 11) is 0. The van der Waals surface area contributed by atoms with E-state index < -0.39 is 0 Å². The Kier molecular flexibility index (Phi) is 5.36. The number of para-hydroxylation sites is 1. The van der Waals surface area contributed by atoms with Gasteiger partial charge in [-0.2, -0.15) is 5.10 Å². The molecule has 2 heterocycles. The minimum absolute atomic E-state index is 0.243. The first kappa shape index (κ1) is 17.7. The van der Waals surface area contributed by atoms with Gasteiger partial charge in [0.25, 0.3) is 0 Å². The highest BCUT2D eigenvalue weighted by Crippen LogP contribution is 2.29. The Morgan fingerprint density at radius 3 is 2.65 bits per heavy atom. The fourth-order valence-corrected chi connectivity index (χ4v) is 2.76. The van der Waals surface area contributed by atoms with Gasteiger partial charge in [0.05, 0.1) is 5.69 Å². The molecule has 2 amide bonds. The summed E-state index contributed by atoms with van der Waals surface area (Å²) in [5, 5.41) is 10.1. The third-order valence-corrected chi connectivity index (χ3v) is 3.98. The van der Waals surface area contributed by atoms with Crippen molar-refractivity contribution in [3.05, 3.63) is 53.8 Å². The smallest absolute Gasteiger partial charge is 0.319 e. The quantitative estimate of drug-likeness (QED) is 0.662. The zero-order chi connectivity index (χ0) is 18.5. The van der Waals surface area contributed by atoms with Gasteiger partial charge in [0.2, 0.25) is 0 Å². The summed E-state index contributed by atoms with van der Waals surface area (Å²) >= 11 is 0. The Labute approximate surface area is 152 Å². The Morgan fingerprint density at radius 1 is 1.15 bits per heavy atom. The van der Waals surface area contributed by atoms with E-state index >= 15 is 0 Å². The van der Waals surface area contributed by atoms with Gasteiger partial charge in [0.1, 0.15) is 23.2 Å². The third-order valence-electron chi connectivity index (χ3n) is 3.98. The maximum atomic E-state index is 12.2. The number of carbonyl (C=O) groups is 1. The molecule has 3 aromatic rings. The van der Waals surface area contributed by atoms with Crippen molar-refractivity contribution in [1.82, 2.24) is 20.1 Å². The van der Waals surface area contributed by atoms with E-state index in [1.54, 1.807) is 0 Å². The van der Waals surface area contributed by atoms with Crippen molar-refractivity contribution in [2.75, 3.05) is 11.9 Å². The van der Waals surface area contributed by atoms with Gasteiger partial charge in [-0.1, -0.05) is 12.1 Å². The van der Waals surface area contributed by atoms with E-state index in [0.717, 1.165) is 41.7 Å². The number of carbonyl (C=O) groups excluding carboxylic acids is 1.